The predicted molar refractivity (Wildman–Crippen MR) is 103 cm³/mol. The van der Waals surface area contributed by atoms with Gasteiger partial charge in [-0.25, -0.2) is 4.68 Å². The Morgan fingerprint density at radius 2 is 1.81 bits per heavy atom. The van der Waals surface area contributed by atoms with Crippen molar-refractivity contribution in [3.8, 4) is 0 Å². The SMILES string of the molecule is Cc1ccc(Cn2nc(C(=O)Nc3cccc(Cl)c3C)ccc2=O)cc1. The molecule has 0 unspecified atom stereocenters. The van der Waals surface area contributed by atoms with Crippen LogP contribution in [0.4, 0.5) is 5.69 Å². The number of nitrogens with zero attached hydrogens (tertiary/aromatic N) is 2. The van der Waals surface area contributed by atoms with Gasteiger partial charge in [0.15, 0.2) is 0 Å². The van der Waals surface area contributed by atoms with Gasteiger partial charge in [-0.2, -0.15) is 5.10 Å². The Kier molecular flexibility index (Phi) is 5.19. The molecule has 0 aliphatic rings. The van der Waals surface area contributed by atoms with E-state index in [4.69, 9.17) is 11.6 Å². The maximum atomic E-state index is 12.5. The zero-order valence-corrected chi connectivity index (χ0v) is 15.2. The van der Waals surface area contributed by atoms with E-state index in [0.29, 0.717) is 17.3 Å². The molecule has 0 bridgehead atoms. The van der Waals surface area contributed by atoms with E-state index in [1.54, 1.807) is 18.2 Å². The van der Waals surface area contributed by atoms with Crippen LogP contribution in [-0.4, -0.2) is 15.7 Å². The van der Waals surface area contributed by atoms with Crippen LogP contribution >= 0.6 is 11.6 Å². The number of carbonyl (C=O) groups excluding carboxylic acids is 1. The first kappa shape index (κ1) is 17.9. The quantitative estimate of drug-likeness (QED) is 0.762. The van der Waals surface area contributed by atoms with E-state index in [-0.39, 0.29) is 11.3 Å². The van der Waals surface area contributed by atoms with Crippen molar-refractivity contribution in [3.63, 3.8) is 0 Å². The Morgan fingerprint density at radius 3 is 2.54 bits per heavy atom. The largest absolute Gasteiger partial charge is 0.320 e. The zero-order valence-electron chi connectivity index (χ0n) is 14.5. The van der Waals surface area contributed by atoms with Crippen molar-refractivity contribution in [1.29, 1.82) is 0 Å². The molecule has 0 aliphatic carbocycles. The minimum absolute atomic E-state index is 0.163. The number of halogens is 1. The van der Waals surface area contributed by atoms with E-state index in [1.807, 2.05) is 38.1 Å². The van der Waals surface area contributed by atoms with E-state index in [1.165, 1.54) is 16.8 Å². The molecule has 0 spiro atoms. The Hall–Kier alpha value is -2.92. The molecule has 3 aromatic rings. The van der Waals surface area contributed by atoms with Crippen molar-refractivity contribution in [2.75, 3.05) is 5.32 Å². The van der Waals surface area contributed by atoms with Gasteiger partial charge in [-0.15, -0.1) is 0 Å². The summed E-state index contributed by atoms with van der Waals surface area (Å²) in [6.45, 7) is 4.12. The molecule has 1 amide bonds. The highest BCUT2D eigenvalue weighted by Gasteiger charge is 2.12. The number of aryl methyl sites for hydroxylation is 1. The second kappa shape index (κ2) is 7.54. The molecule has 0 aliphatic heterocycles. The van der Waals surface area contributed by atoms with Crippen LogP contribution in [0.25, 0.3) is 0 Å². The number of hydrogen-bond acceptors (Lipinski definition) is 3. The van der Waals surface area contributed by atoms with Crippen molar-refractivity contribution >= 4 is 23.2 Å². The maximum Gasteiger partial charge on any atom is 0.276 e. The van der Waals surface area contributed by atoms with E-state index in [9.17, 15) is 9.59 Å². The Labute approximate surface area is 156 Å². The van der Waals surface area contributed by atoms with Crippen LogP contribution in [0.5, 0.6) is 0 Å². The number of amides is 1. The summed E-state index contributed by atoms with van der Waals surface area (Å²) in [4.78, 5) is 24.6. The standard InChI is InChI=1S/C20H18ClN3O2/c1-13-6-8-15(9-7-13)12-24-19(25)11-10-18(23-24)20(26)22-17-5-3-4-16(21)14(17)2/h3-11H,12H2,1-2H3,(H,22,26). The summed E-state index contributed by atoms with van der Waals surface area (Å²) in [5.41, 5.74) is 3.36. The highest BCUT2D eigenvalue weighted by atomic mass is 35.5. The fourth-order valence-electron chi connectivity index (χ4n) is 2.48. The monoisotopic (exact) mass is 367 g/mol. The van der Waals surface area contributed by atoms with Crippen LogP contribution in [0, 0.1) is 13.8 Å². The lowest BCUT2D eigenvalue weighted by atomic mass is 10.1. The minimum Gasteiger partial charge on any atom is -0.320 e. The van der Waals surface area contributed by atoms with E-state index in [0.717, 1.165) is 16.7 Å². The third-order valence-corrected chi connectivity index (χ3v) is 4.48. The van der Waals surface area contributed by atoms with Gasteiger partial charge < -0.3 is 5.32 Å². The van der Waals surface area contributed by atoms with Crippen molar-refractivity contribution in [1.82, 2.24) is 9.78 Å². The van der Waals surface area contributed by atoms with Gasteiger partial charge in [0.2, 0.25) is 0 Å². The van der Waals surface area contributed by atoms with Crippen molar-refractivity contribution in [2.45, 2.75) is 20.4 Å². The second-order valence-corrected chi connectivity index (χ2v) is 6.47. The number of anilines is 1. The number of nitrogens with one attached hydrogen (secondary N) is 1. The van der Waals surface area contributed by atoms with Gasteiger partial charge >= 0.3 is 0 Å². The minimum atomic E-state index is -0.395. The number of hydrogen-bond donors (Lipinski definition) is 1. The number of rotatable bonds is 4. The number of benzene rings is 2. The lowest BCUT2D eigenvalue weighted by Crippen LogP contribution is -2.26. The lowest BCUT2D eigenvalue weighted by molar-refractivity contribution is 0.102. The molecule has 6 heteroatoms. The molecule has 3 rings (SSSR count). The highest BCUT2D eigenvalue weighted by Crippen LogP contribution is 2.23. The third kappa shape index (κ3) is 4.00. The predicted octanol–water partition coefficient (Wildman–Crippen LogP) is 3.81. The number of aromatic nitrogens is 2. The molecule has 2 aromatic carbocycles. The number of carbonyl (C=O) groups is 1. The van der Waals surface area contributed by atoms with Gasteiger partial charge in [0, 0.05) is 16.8 Å². The second-order valence-electron chi connectivity index (χ2n) is 6.07. The van der Waals surface area contributed by atoms with Crippen molar-refractivity contribution in [2.24, 2.45) is 0 Å². The molecule has 132 valence electrons. The smallest absolute Gasteiger partial charge is 0.276 e. The van der Waals surface area contributed by atoms with Crippen LogP contribution in [0.15, 0.2) is 59.4 Å². The van der Waals surface area contributed by atoms with Crippen LogP contribution in [0.2, 0.25) is 5.02 Å². The molecule has 0 radical (unpaired) electrons. The molecule has 1 heterocycles. The van der Waals surface area contributed by atoms with Gasteiger partial charge in [-0.05, 0) is 43.2 Å². The lowest BCUT2D eigenvalue weighted by Gasteiger charge is -2.10. The Morgan fingerprint density at radius 1 is 1.08 bits per heavy atom. The summed E-state index contributed by atoms with van der Waals surface area (Å²) in [6, 6.07) is 15.9. The molecule has 0 atom stereocenters. The van der Waals surface area contributed by atoms with Crippen LogP contribution < -0.4 is 10.9 Å². The van der Waals surface area contributed by atoms with Gasteiger partial charge in [-0.1, -0.05) is 47.5 Å². The summed E-state index contributed by atoms with van der Waals surface area (Å²) < 4.78 is 1.28. The van der Waals surface area contributed by atoms with Gasteiger partial charge in [0.25, 0.3) is 11.5 Å². The average molecular weight is 368 g/mol. The van der Waals surface area contributed by atoms with Crippen molar-refractivity contribution < 1.29 is 4.79 Å². The summed E-state index contributed by atoms with van der Waals surface area (Å²) in [5, 5.41) is 7.55. The molecule has 0 saturated heterocycles. The molecule has 26 heavy (non-hydrogen) atoms. The molecular weight excluding hydrogens is 350 g/mol. The van der Waals surface area contributed by atoms with Gasteiger partial charge in [0.1, 0.15) is 5.69 Å². The normalized spacial score (nSPS) is 10.6. The first-order valence-corrected chi connectivity index (χ1v) is 8.52. The van der Waals surface area contributed by atoms with Crippen LogP contribution in [0.1, 0.15) is 27.2 Å². The fraction of sp³-hybridized carbons (Fsp3) is 0.150. The van der Waals surface area contributed by atoms with Crippen LogP contribution in [-0.2, 0) is 6.54 Å². The van der Waals surface area contributed by atoms with Gasteiger partial charge in [-0.3, -0.25) is 9.59 Å². The average Bonchev–Trinajstić information content (AvgIpc) is 2.62. The fourth-order valence-corrected chi connectivity index (χ4v) is 2.65. The summed E-state index contributed by atoms with van der Waals surface area (Å²) in [7, 11) is 0. The zero-order chi connectivity index (χ0) is 18.7. The van der Waals surface area contributed by atoms with E-state index >= 15 is 0 Å². The topological polar surface area (TPSA) is 64.0 Å². The Bertz CT molecular complexity index is 1010. The maximum absolute atomic E-state index is 12.5. The molecular formula is C20H18ClN3O2. The first-order valence-electron chi connectivity index (χ1n) is 8.14. The summed E-state index contributed by atoms with van der Waals surface area (Å²) >= 11 is 6.08. The van der Waals surface area contributed by atoms with Crippen LogP contribution in [0.3, 0.4) is 0 Å². The highest BCUT2D eigenvalue weighted by molar-refractivity contribution is 6.31. The van der Waals surface area contributed by atoms with Crippen molar-refractivity contribution in [3.05, 3.63) is 92.4 Å². The van der Waals surface area contributed by atoms with Gasteiger partial charge in [0.05, 0.1) is 6.54 Å². The molecule has 0 fully saturated rings. The molecule has 1 aromatic heterocycles. The molecule has 0 saturated carbocycles. The molecule has 1 N–H and O–H groups in total. The molecule has 5 nitrogen and oxygen atoms in total. The summed E-state index contributed by atoms with van der Waals surface area (Å²) in [5.74, 6) is -0.395. The van der Waals surface area contributed by atoms with E-state index < -0.39 is 5.91 Å². The Balaban J connectivity index is 1.84. The third-order valence-electron chi connectivity index (χ3n) is 4.07. The van der Waals surface area contributed by atoms with E-state index in [2.05, 4.69) is 10.4 Å². The first-order chi connectivity index (χ1) is 12.4. The summed E-state index contributed by atoms with van der Waals surface area (Å²) in [6.07, 6.45) is 0.